The van der Waals surface area contributed by atoms with Crippen LogP contribution in [0.1, 0.15) is 25.5 Å². The van der Waals surface area contributed by atoms with Gasteiger partial charge in [0.05, 0.1) is 6.20 Å². The zero-order valence-corrected chi connectivity index (χ0v) is 11.9. The zero-order chi connectivity index (χ0) is 13.0. The second-order valence-electron chi connectivity index (χ2n) is 3.86. The lowest BCUT2D eigenvalue weighted by Crippen LogP contribution is -2.17. The van der Waals surface area contributed by atoms with E-state index in [-0.39, 0.29) is 6.04 Å². The molecule has 2 aromatic rings. The zero-order valence-electron chi connectivity index (χ0n) is 10.3. The van der Waals surface area contributed by atoms with Gasteiger partial charge in [0.2, 0.25) is 0 Å². The van der Waals surface area contributed by atoms with E-state index in [0.717, 1.165) is 22.0 Å². The topological polar surface area (TPSA) is 38.1 Å². The van der Waals surface area contributed by atoms with Crippen LogP contribution >= 0.6 is 23.4 Å². The van der Waals surface area contributed by atoms with Gasteiger partial charge < -0.3 is 9.73 Å². The standard InChI is InChI=1S/C13H15ClN2OS/c1-3-15-9(2)11-5-4-10(8-12(11)14)18-13-16-6-7-17-13/h4-9,15H,3H2,1-2H3. The Balaban J connectivity index is 2.14. The summed E-state index contributed by atoms with van der Waals surface area (Å²) in [4.78, 5) is 5.09. The maximum Gasteiger partial charge on any atom is 0.260 e. The number of nitrogens with one attached hydrogen (secondary N) is 1. The molecule has 1 aromatic carbocycles. The second-order valence-corrected chi connectivity index (χ2v) is 5.29. The molecule has 1 unspecified atom stereocenters. The molecule has 0 aliphatic carbocycles. The van der Waals surface area contributed by atoms with Crippen molar-refractivity contribution in [2.75, 3.05) is 6.54 Å². The van der Waals surface area contributed by atoms with Gasteiger partial charge in [-0.2, -0.15) is 0 Å². The number of hydrogen-bond acceptors (Lipinski definition) is 4. The highest BCUT2D eigenvalue weighted by Gasteiger charge is 2.10. The summed E-state index contributed by atoms with van der Waals surface area (Å²) in [5.74, 6) is 0. The largest absolute Gasteiger partial charge is 0.440 e. The van der Waals surface area contributed by atoms with Crippen LogP contribution in [0.4, 0.5) is 0 Å². The minimum Gasteiger partial charge on any atom is -0.440 e. The number of aromatic nitrogens is 1. The Morgan fingerprint density at radius 2 is 2.33 bits per heavy atom. The summed E-state index contributed by atoms with van der Waals surface area (Å²) in [7, 11) is 0. The van der Waals surface area contributed by atoms with Gasteiger partial charge in [-0.25, -0.2) is 4.98 Å². The van der Waals surface area contributed by atoms with Crippen molar-refractivity contribution >= 4 is 23.4 Å². The summed E-state index contributed by atoms with van der Waals surface area (Å²) in [5.41, 5.74) is 1.11. The van der Waals surface area contributed by atoms with Crippen LogP contribution in [0.3, 0.4) is 0 Å². The molecule has 2 rings (SSSR count). The van der Waals surface area contributed by atoms with E-state index in [1.165, 1.54) is 11.8 Å². The van der Waals surface area contributed by atoms with Gasteiger partial charge >= 0.3 is 0 Å². The quantitative estimate of drug-likeness (QED) is 0.894. The van der Waals surface area contributed by atoms with E-state index in [2.05, 4.69) is 24.1 Å². The molecule has 1 aromatic heterocycles. The van der Waals surface area contributed by atoms with Crippen molar-refractivity contribution < 1.29 is 4.42 Å². The van der Waals surface area contributed by atoms with E-state index >= 15 is 0 Å². The molecule has 1 heterocycles. The van der Waals surface area contributed by atoms with Crippen LogP contribution in [-0.2, 0) is 0 Å². The molecule has 18 heavy (non-hydrogen) atoms. The van der Waals surface area contributed by atoms with Gasteiger partial charge in [-0.05, 0) is 42.9 Å². The maximum absolute atomic E-state index is 6.30. The van der Waals surface area contributed by atoms with Crippen molar-refractivity contribution in [1.82, 2.24) is 10.3 Å². The molecule has 0 saturated carbocycles. The minimum absolute atomic E-state index is 0.253. The predicted molar refractivity (Wildman–Crippen MR) is 74.2 cm³/mol. The van der Waals surface area contributed by atoms with E-state index in [4.69, 9.17) is 16.0 Å². The van der Waals surface area contributed by atoms with E-state index in [9.17, 15) is 0 Å². The van der Waals surface area contributed by atoms with Crippen LogP contribution in [-0.4, -0.2) is 11.5 Å². The fourth-order valence-corrected chi connectivity index (χ4v) is 2.84. The maximum atomic E-state index is 6.30. The summed E-state index contributed by atoms with van der Waals surface area (Å²) >= 11 is 7.76. The van der Waals surface area contributed by atoms with E-state index in [1.807, 2.05) is 18.2 Å². The number of benzene rings is 1. The molecule has 1 atom stereocenters. The molecule has 0 bridgehead atoms. The van der Waals surface area contributed by atoms with Gasteiger partial charge in [0, 0.05) is 16.0 Å². The van der Waals surface area contributed by atoms with Gasteiger partial charge in [0.25, 0.3) is 5.22 Å². The summed E-state index contributed by atoms with van der Waals surface area (Å²) in [6.07, 6.45) is 3.19. The Kier molecular flexibility index (Phi) is 4.69. The Bertz CT molecular complexity index is 502. The Morgan fingerprint density at radius 3 is 2.94 bits per heavy atom. The molecule has 5 heteroatoms. The first kappa shape index (κ1) is 13.5. The third kappa shape index (κ3) is 3.28. The Morgan fingerprint density at radius 1 is 1.50 bits per heavy atom. The monoisotopic (exact) mass is 282 g/mol. The lowest BCUT2D eigenvalue weighted by atomic mass is 10.1. The van der Waals surface area contributed by atoms with E-state index in [1.54, 1.807) is 12.5 Å². The van der Waals surface area contributed by atoms with E-state index in [0.29, 0.717) is 5.22 Å². The summed E-state index contributed by atoms with van der Waals surface area (Å²) in [6, 6.07) is 6.27. The second kappa shape index (κ2) is 6.27. The first-order valence-electron chi connectivity index (χ1n) is 5.81. The summed E-state index contributed by atoms with van der Waals surface area (Å²) in [6.45, 7) is 5.10. The van der Waals surface area contributed by atoms with Crippen molar-refractivity contribution in [2.45, 2.75) is 30.0 Å². The van der Waals surface area contributed by atoms with Crippen LogP contribution in [0.25, 0.3) is 0 Å². The van der Waals surface area contributed by atoms with Crippen molar-refractivity contribution in [3.05, 3.63) is 41.2 Å². The molecule has 0 aliphatic heterocycles. The van der Waals surface area contributed by atoms with Crippen LogP contribution in [0.5, 0.6) is 0 Å². The molecular formula is C13H15ClN2OS. The predicted octanol–water partition coefficient (Wildman–Crippen LogP) is 4.15. The SMILES string of the molecule is CCNC(C)c1ccc(Sc2ncco2)cc1Cl. The number of oxazole rings is 1. The smallest absolute Gasteiger partial charge is 0.260 e. The highest BCUT2D eigenvalue weighted by molar-refractivity contribution is 7.99. The molecule has 0 aliphatic rings. The van der Waals surface area contributed by atoms with Gasteiger partial charge in [-0.15, -0.1) is 0 Å². The molecule has 96 valence electrons. The lowest BCUT2D eigenvalue weighted by molar-refractivity contribution is 0.454. The van der Waals surface area contributed by atoms with Crippen molar-refractivity contribution in [3.8, 4) is 0 Å². The van der Waals surface area contributed by atoms with Crippen LogP contribution < -0.4 is 5.32 Å². The molecule has 0 radical (unpaired) electrons. The third-order valence-corrected chi connectivity index (χ3v) is 3.76. The fraction of sp³-hybridized carbons (Fsp3) is 0.308. The van der Waals surface area contributed by atoms with Gasteiger partial charge in [-0.1, -0.05) is 24.6 Å². The highest BCUT2D eigenvalue weighted by atomic mass is 35.5. The Labute approximate surface area is 116 Å². The molecule has 3 nitrogen and oxygen atoms in total. The molecule has 0 spiro atoms. The number of rotatable bonds is 5. The number of halogens is 1. The molecule has 0 saturated heterocycles. The Hall–Kier alpha value is -0.970. The number of nitrogens with zero attached hydrogens (tertiary/aromatic N) is 1. The molecular weight excluding hydrogens is 268 g/mol. The van der Waals surface area contributed by atoms with Crippen LogP contribution in [0, 0.1) is 0 Å². The minimum atomic E-state index is 0.253. The molecule has 1 N–H and O–H groups in total. The van der Waals surface area contributed by atoms with Crippen molar-refractivity contribution in [1.29, 1.82) is 0 Å². The fourth-order valence-electron chi connectivity index (χ4n) is 1.70. The summed E-state index contributed by atoms with van der Waals surface area (Å²) in [5, 5.41) is 4.73. The molecule has 0 amide bonds. The van der Waals surface area contributed by atoms with Gasteiger partial charge in [0.15, 0.2) is 0 Å². The molecule has 0 fully saturated rings. The first-order chi connectivity index (χ1) is 8.70. The van der Waals surface area contributed by atoms with Crippen LogP contribution in [0.15, 0.2) is 45.2 Å². The van der Waals surface area contributed by atoms with Crippen molar-refractivity contribution in [3.63, 3.8) is 0 Å². The van der Waals surface area contributed by atoms with Crippen molar-refractivity contribution in [2.24, 2.45) is 0 Å². The van der Waals surface area contributed by atoms with Crippen LogP contribution in [0.2, 0.25) is 5.02 Å². The van der Waals surface area contributed by atoms with E-state index < -0.39 is 0 Å². The van der Waals surface area contributed by atoms with Gasteiger partial charge in [-0.3, -0.25) is 0 Å². The summed E-state index contributed by atoms with van der Waals surface area (Å²) < 4.78 is 5.19. The van der Waals surface area contributed by atoms with Gasteiger partial charge in [0.1, 0.15) is 6.26 Å². The lowest BCUT2D eigenvalue weighted by Gasteiger charge is -2.14. The normalized spacial score (nSPS) is 12.6. The average molecular weight is 283 g/mol. The average Bonchev–Trinajstić information content (AvgIpc) is 2.82. The highest BCUT2D eigenvalue weighted by Crippen LogP contribution is 2.31. The number of hydrogen-bond donors (Lipinski definition) is 1. The third-order valence-electron chi connectivity index (χ3n) is 2.56. The first-order valence-corrected chi connectivity index (χ1v) is 7.00.